The predicted octanol–water partition coefficient (Wildman–Crippen LogP) is 1.79. The van der Waals surface area contributed by atoms with Crippen LogP contribution in [0.2, 0.25) is 0 Å². The second-order valence-corrected chi connectivity index (χ2v) is 5.42. The van der Waals surface area contributed by atoms with E-state index in [4.69, 9.17) is 0 Å². The lowest BCUT2D eigenvalue weighted by Crippen LogP contribution is -2.56. The van der Waals surface area contributed by atoms with Gasteiger partial charge < -0.3 is 5.32 Å². The largest absolute Gasteiger partial charge is 0.313 e. The van der Waals surface area contributed by atoms with Gasteiger partial charge in [-0.1, -0.05) is 13.8 Å². The molecule has 3 atom stereocenters. The fourth-order valence-electron chi connectivity index (χ4n) is 2.65. The van der Waals surface area contributed by atoms with Crippen LogP contribution in [0, 0.1) is 0 Å². The summed E-state index contributed by atoms with van der Waals surface area (Å²) in [6.07, 6.45) is 1.27. The van der Waals surface area contributed by atoms with E-state index in [1.807, 2.05) is 0 Å². The molecule has 3 heteroatoms. The molecule has 1 saturated heterocycles. The third-order valence-corrected chi connectivity index (χ3v) is 4.39. The highest BCUT2D eigenvalue weighted by molar-refractivity contribution is 4.83. The Labute approximate surface area is 108 Å². The van der Waals surface area contributed by atoms with Crippen molar-refractivity contribution in [3.05, 3.63) is 0 Å². The van der Waals surface area contributed by atoms with Gasteiger partial charge in [0, 0.05) is 44.3 Å². The lowest BCUT2D eigenvalue weighted by atomic mass is 10.1. The Kier molecular flexibility index (Phi) is 6.45. The number of nitrogens with zero attached hydrogens (tertiary/aromatic N) is 2. The normalized spacial score (nSPS) is 24.5. The molecule has 0 aliphatic carbocycles. The van der Waals surface area contributed by atoms with Crippen molar-refractivity contribution in [2.75, 3.05) is 32.7 Å². The number of nitrogens with one attached hydrogen (secondary N) is 1. The lowest BCUT2D eigenvalue weighted by Gasteiger charge is -2.42. The number of piperazine rings is 1. The highest BCUT2D eigenvalue weighted by Crippen LogP contribution is 2.12. The second-order valence-electron chi connectivity index (χ2n) is 5.42. The topological polar surface area (TPSA) is 18.5 Å². The average Bonchev–Trinajstić information content (AvgIpc) is 2.37. The fourth-order valence-corrected chi connectivity index (χ4v) is 2.65. The molecule has 0 aromatic rings. The molecule has 0 aromatic heterocycles. The molecule has 0 bridgehead atoms. The van der Waals surface area contributed by atoms with Crippen LogP contribution in [-0.2, 0) is 0 Å². The van der Waals surface area contributed by atoms with Crippen LogP contribution in [0.4, 0.5) is 0 Å². The fraction of sp³-hybridized carbons (Fsp3) is 1.00. The van der Waals surface area contributed by atoms with Crippen LogP contribution >= 0.6 is 0 Å². The summed E-state index contributed by atoms with van der Waals surface area (Å²) in [4.78, 5) is 5.26. The van der Waals surface area contributed by atoms with E-state index in [-0.39, 0.29) is 0 Å². The Bertz CT molecular complexity index is 200. The standard InChI is InChI=1S/C14H31N3/c1-6-12(3)16-8-10-17(11-9-16)14(5)13(4)15-7-2/h12-15H,6-11H2,1-5H3. The molecule has 0 aromatic carbocycles. The maximum absolute atomic E-state index is 3.53. The molecule has 0 radical (unpaired) electrons. The molecule has 1 N–H and O–H groups in total. The summed E-state index contributed by atoms with van der Waals surface area (Å²) in [6, 6.07) is 1.99. The first-order valence-corrected chi connectivity index (χ1v) is 7.31. The first kappa shape index (κ1) is 14.9. The summed E-state index contributed by atoms with van der Waals surface area (Å²) in [7, 11) is 0. The first-order valence-electron chi connectivity index (χ1n) is 7.31. The first-order chi connectivity index (χ1) is 8.10. The van der Waals surface area contributed by atoms with Crippen LogP contribution < -0.4 is 5.32 Å². The molecule has 1 fully saturated rings. The van der Waals surface area contributed by atoms with Crippen molar-refractivity contribution in [2.45, 2.75) is 59.2 Å². The summed E-state index contributed by atoms with van der Waals surface area (Å²) in [5.41, 5.74) is 0. The maximum Gasteiger partial charge on any atom is 0.0219 e. The van der Waals surface area contributed by atoms with E-state index in [9.17, 15) is 0 Å². The molecule has 0 spiro atoms. The van der Waals surface area contributed by atoms with Crippen molar-refractivity contribution in [3.8, 4) is 0 Å². The molecule has 1 aliphatic rings. The van der Waals surface area contributed by atoms with Crippen molar-refractivity contribution in [3.63, 3.8) is 0 Å². The molecule has 17 heavy (non-hydrogen) atoms. The van der Waals surface area contributed by atoms with E-state index in [2.05, 4.69) is 49.7 Å². The summed E-state index contributed by atoms with van der Waals surface area (Å²) in [6.45, 7) is 17.5. The van der Waals surface area contributed by atoms with Crippen LogP contribution in [0.25, 0.3) is 0 Å². The van der Waals surface area contributed by atoms with Crippen LogP contribution in [-0.4, -0.2) is 60.6 Å². The molecule has 1 rings (SSSR count). The minimum Gasteiger partial charge on any atom is -0.313 e. The van der Waals surface area contributed by atoms with Crippen LogP contribution in [0.3, 0.4) is 0 Å². The molecule has 1 aliphatic heterocycles. The van der Waals surface area contributed by atoms with Gasteiger partial charge in [0.1, 0.15) is 0 Å². The number of rotatable bonds is 6. The van der Waals surface area contributed by atoms with E-state index in [0.717, 1.165) is 12.6 Å². The second kappa shape index (κ2) is 7.34. The molecule has 0 saturated carbocycles. The van der Waals surface area contributed by atoms with Gasteiger partial charge in [0.15, 0.2) is 0 Å². The van der Waals surface area contributed by atoms with E-state index in [0.29, 0.717) is 12.1 Å². The van der Waals surface area contributed by atoms with Gasteiger partial charge in [0.25, 0.3) is 0 Å². The Morgan fingerprint density at radius 1 is 0.941 bits per heavy atom. The lowest BCUT2D eigenvalue weighted by molar-refractivity contribution is 0.0673. The van der Waals surface area contributed by atoms with Gasteiger partial charge >= 0.3 is 0 Å². The van der Waals surface area contributed by atoms with Crippen molar-refractivity contribution in [1.29, 1.82) is 0 Å². The van der Waals surface area contributed by atoms with Crippen LogP contribution in [0.15, 0.2) is 0 Å². The Morgan fingerprint density at radius 2 is 1.47 bits per heavy atom. The Morgan fingerprint density at radius 3 is 1.94 bits per heavy atom. The Balaban J connectivity index is 2.35. The third-order valence-electron chi connectivity index (χ3n) is 4.39. The average molecular weight is 241 g/mol. The molecule has 1 heterocycles. The molecule has 102 valence electrons. The minimum absolute atomic E-state index is 0.593. The van der Waals surface area contributed by atoms with Gasteiger partial charge in [0.05, 0.1) is 0 Å². The highest BCUT2D eigenvalue weighted by atomic mass is 15.3. The van der Waals surface area contributed by atoms with Gasteiger partial charge in [0.2, 0.25) is 0 Å². The highest BCUT2D eigenvalue weighted by Gasteiger charge is 2.25. The molecular weight excluding hydrogens is 210 g/mol. The quantitative estimate of drug-likeness (QED) is 0.765. The maximum atomic E-state index is 3.53. The van der Waals surface area contributed by atoms with Gasteiger partial charge in [-0.2, -0.15) is 0 Å². The van der Waals surface area contributed by atoms with Crippen molar-refractivity contribution < 1.29 is 0 Å². The van der Waals surface area contributed by atoms with E-state index in [1.54, 1.807) is 0 Å². The van der Waals surface area contributed by atoms with E-state index in [1.165, 1.54) is 32.6 Å². The summed E-state index contributed by atoms with van der Waals surface area (Å²) < 4.78 is 0. The number of hydrogen-bond donors (Lipinski definition) is 1. The number of hydrogen-bond acceptors (Lipinski definition) is 3. The summed E-state index contributed by atoms with van der Waals surface area (Å²) in [5, 5.41) is 3.53. The van der Waals surface area contributed by atoms with Gasteiger partial charge in [-0.25, -0.2) is 0 Å². The van der Waals surface area contributed by atoms with E-state index < -0.39 is 0 Å². The van der Waals surface area contributed by atoms with Gasteiger partial charge in [-0.15, -0.1) is 0 Å². The third kappa shape index (κ3) is 4.23. The van der Waals surface area contributed by atoms with Crippen LogP contribution in [0.5, 0.6) is 0 Å². The molecule has 3 unspecified atom stereocenters. The van der Waals surface area contributed by atoms with Crippen molar-refractivity contribution in [2.24, 2.45) is 0 Å². The SMILES string of the molecule is CCNC(C)C(C)N1CCN(C(C)CC)CC1. The zero-order valence-electron chi connectivity index (χ0n) is 12.4. The molecule has 0 amide bonds. The van der Waals surface area contributed by atoms with Gasteiger partial charge in [-0.05, 0) is 33.7 Å². The van der Waals surface area contributed by atoms with Crippen molar-refractivity contribution >= 4 is 0 Å². The monoisotopic (exact) mass is 241 g/mol. The zero-order valence-corrected chi connectivity index (χ0v) is 12.4. The van der Waals surface area contributed by atoms with Crippen LogP contribution in [0.1, 0.15) is 41.0 Å². The Hall–Kier alpha value is -0.120. The molecule has 3 nitrogen and oxygen atoms in total. The van der Waals surface area contributed by atoms with Crippen molar-refractivity contribution in [1.82, 2.24) is 15.1 Å². The summed E-state index contributed by atoms with van der Waals surface area (Å²) in [5.74, 6) is 0. The van der Waals surface area contributed by atoms with E-state index >= 15 is 0 Å². The molecular formula is C14H31N3. The summed E-state index contributed by atoms with van der Waals surface area (Å²) >= 11 is 0. The smallest absolute Gasteiger partial charge is 0.0219 e. The predicted molar refractivity (Wildman–Crippen MR) is 75.5 cm³/mol. The van der Waals surface area contributed by atoms with Gasteiger partial charge in [-0.3, -0.25) is 9.80 Å². The number of likely N-dealkylation sites (N-methyl/N-ethyl adjacent to an activating group) is 1. The minimum atomic E-state index is 0.593. The zero-order chi connectivity index (χ0) is 12.8.